The second kappa shape index (κ2) is 9.81. The minimum Gasteiger partial charge on any atom is -0.467 e. The van der Waals surface area contributed by atoms with Crippen LogP contribution in [0.3, 0.4) is 0 Å². The van der Waals surface area contributed by atoms with Gasteiger partial charge in [0.25, 0.3) is 17.7 Å². The van der Waals surface area contributed by atoms with Crippen molar-refractivity contribution in [2.75, 3.05) is 20.3 Å². The largest absolute Gasteiger partial charge is 0.467 e. The molecule has 1 aromatic rings. The van der Waals surface area contributed by atoms with Gasteiger partial charge >= 0.3 is 11.9 Å². The molecule has 1 aromatic carbocycles. The van der Waals surface area contributed by atoms with Crippen LogP contribution >= 0.6 is 0 Å². The molecule has 0 fully saturated rings. The first-order valence-electron chi connectivity index (χ1n) is 9.22. The molecule has 1 N–H and O–H groups in total. The fourth-order valence-electron chi connectivity index (χ4n) is 2.93. The Kier molecular flexibility index (Phi) is 7.46. The van der Waals surface area contributed by atoms with Crippen LogP contribution in [0.1, 0.15) is 47.4 Å². The summed E-state index contributed by atoms with van der Waals surface area (Å²) in [5.41, 5.74) is 0.591. The summed E-state index contributed by atoms with van der Waals surface area (Å²) in [6.45, 7) is 3.06. The molecule has 0 saturated carbocycles. The number of fused-ring (bicyclic) bond motifs is 1. The Morgan fingerprint density at radius 2 is 1.66 bits per heavy atom. The first kappa shape index (κ1) is 22.1. The molecule has 2 rings (SSSR count). The predicted molar refractivity (Wildman–Crippen MR) is 101 cm³/mol. The molecule has 3 amide bonds. The number of methoxy groups -OCH3 is 1. The molecule has 9 nitrogen and oxygen atoms in total. The summed E-state index contributed by atoms with van der Waals surface area (Å²) in [6, 6.07) is 5.58. The number of ether oxygens (including phenoxy) is 2. The second-order valence-corrected chi connectivity index (χ2v) is 6.99. The summed E-state index contributed by atoms with van der Waals surface area (Å²) in [5, 5.41) is 2.47. The molecule has 1 heterocycles. The molecule has 0 radical (unpaired) electrons. The first-order chi connectivity index (χ1) is 13.7. The van der Waals surface area contributed by atoms with Gasteiger partial charge in [0.2, 0.25) is 0 Å². The van der Waals surface area contributed by atoms with Gasteiger partial charge in [0, 0.05) is 6.54 Å². The SMILES string of the molecule is COC(=O)[C@H](CC(C)C)NC(=O)COC(=O)CCN1C(=O)c2ccccc2C1=O. The maximum atomic E-state index is 12.2. The van der Waals surface area contributed by atoms with E-state index < -0.39 is 42.3 Å². The van der Waals surface area contributed by atoms with Crippen molar-refractivity contribution < 1.29 is 33.4 Å². The lowest BCUT2D eigenvalue weighted by Crippen LogP contribution is -2.44. The summed E-state index contributed by atoms with van der Waals surface area (Å²) in [7, 11) is 1.22. The zero-order valence-corrected chi connectivity index (χ0v) is 16.6. The van der Waals surface area contributed by atoms with Crippen LogP contribution in [0, 0.1) is 5.92 Å². The predicted octanol–water partition coefficient (Wildman–Crippen LogP) is 0.920. The van der Waals surface area contributed by atoms with Gasteiger partial charge in [-0.2, -0.15) is 0 Å². The highest BCUT2D eigenvalue weighted by Crippen LogP contribution is 2.22. The molecule has 0 saturated heterocycles. The van der Waals surface area contributed by atoms with E-state index in [4.69, 9.17) is 4.74 Å². The number of carbonyl (C=O) groups excluding carboxylic acids is 5. The van der Waals surface area contributed by atoms with Crippen LogP contribution in [-0.4, -0.2) is 60.9 Å². The molecule has 1 aliphatic heterocycles. The summed E-state index contributed by atoms with van der Waals surface area (Å²) >= 11 is 0. The molecule has 1 aliphatic rings. The summed E-state index contributed by atoms with van der Waals surface area (Å²) < 4.78 is 9.53. The van der Waals surface area contributed by atoms with Gasteiger partial charge in [-0.1, -0.05) is 26.0 Å². The summed E-state index contributed by atoms with van der Waals surface area (Å²) in [5.74, 6) is -2.76. The maximum absolute atomic E-state index is 12.2. The van der Waals surface area contributed by atoms with Gasteiger partial charge in [0.15, 0.2) is 6.61 Å². The number of benzene rings is 1. The monoisotopic (exact) mass is 404 g/mol. The van der Waals surface area contributed by atoms with Gasteiger partial charge in [-0.05, 0) is 24.5 Å². The highest BCUT2D eigenvalue weighted by molar-refractivity contribution is 6.21. The number of hydrogen-bond donors (Lipinski definition) is 1. The number of imide groups is 1. The van der Waals surface area contributed by atoms with Crippen molar-refractivity contribution in [1.29, 1.82) is 0 Å². The Labute approximate surface area is 168 Å². The number of nitrogens with one attached hydrogen (secondary N) is 1. The second-order valence-electron chi connectivity index (χ2n) is 6.99. The van der Waals surface area contributed by atoms with Gasteiger partial charge in [-0.25, -0.2) is 4.79 Å². The van der Waals surface area contributed by atoms with Crippen LogP contribution in [0.5, 0.6) is 0 Å². The molecular weight excluding hydrogens is 380 g/mol. The van der Waals surface area contributed by atoms with E-state index in [2.05, 4.69) is 10.1 Å². The van der Waals surface area contributed by atoms with Crippen molar-refractivity contribution in [2.24, 2.45) is 5.92 Å². The standard InChI is InChI=1S/C20H24N2O7/c1-12(2)10-15(20(27)28-3)21-16(23)11-29-17(24)8-9-22-18(25)13-6-4-5-7-14(13)19(22)26/h4-7,12,15H,8-11H2,1-3H3,(H,21,23)/t15-/m0/s1. The topological polar surface area (TPSA) is 119 Å². The van der Waals surface area contributed by atoms with E-state index in [0.717, 1.165) is 4.90 Å². The van der Waals surface area contributed by atoms with E-state index in [0.29, 0.717) is 17.5 Å². The number of amides is 3. The molecule has 0 aromatic heterocycles. The van der Waals surface area contributed by atoms with Crippen LogP contribution in [-0.2, 0) is 23.9 Å². The molecule has 1 atom stereocenters. The van der Waals surface area contributed by atoms with Crippen LogP contribution in [0.15, 0.2) is 24.3 Å². The van der Waals surface area contributed by atoms with E-state index in [1.54, 1.807) is 24.3 Å². The molecule has 9 heteroatoms. The van der Waals surface area contributed by atoms with E-state index in [-0.39, 0.29) is 18.9 Å². The number of hydrogen-bond acceptors (Lipinski definition) is 7. The van der Waals surface area contributed by atoms with Crippen molar-refractivity contribution in [2.45, 2.75) is 32.7 Å². The third-order valence-electron chi connectivity index (χ3n) is 4.31. The Hall–Kier alpha value is -3.23. The van der Waals surface area contributed by atoms with E-state index in [1.807, 2.05) is 13.8 Å². The van der Waals surface area contributed by atoms with Crippen LogP contribution in [0.4, 0.5) is 0 Å². The highest BCUT2D eigenvalue weighted by atomic mass is 16.5. The minimum atomic E-state index is -0.829. The van der Waals surface area contributed by atoms with Gasteiger partial charge in [-0.3, -0.25) is 24.1 Å². The van der Waals surface area contributed by atoms with Crippen LogP contribution < -0.4 is 5.32 Å². The van der Waals surface area contributed by atoms with E-state index in [1.165, 1.54) is 7.11 Å². The lowest BCUT2D eigenvalue weighted by atomic mass is 10.0. The van der Waals surface area contributed by atoms with Gasteiger partial charge in [-0.15, -0.1) is 0 Å². The van der Waals surface area contributed by atoms with Crippen molar-refractivity contribution in [3.05, 3.63) is 35.4 Å². The Balaban J connectivity index is 1.80. The van der Waals surface area contributed by atoms with E-state index in [9.17, 15) is 24.0 Å². The van der Waals surface area contributed by atoms with Crippen molar-refractivity contribution in [1.82, 2.24) is 10.2 Å². The van der Waals surface area contributed by atoms with Crippen LogP contribution in [0.2, 0.25) is 0 Å². The normalized spacial score (nSPS) is 13.9. The maximum Gasteiger partial charge on any atom is 0.328 e. The highest BCUT2D eigenvalue weighted by Gasteiger charge is 2.35. The number of carbonyl (C=O) groups is 5. The smallest absolute Gasteiger partial charge is 0.328 e. The number of esters is 2. The summed E-state index contributed by atoms with van der Waals surface area (Å²) in [6.07, 6.45) is 0.136. The molecule has 0 aliphatic carbocycles. The fraction of sp³-hybridized carbons (Fsp3) is 0.450. The Morgan fingerprint density at radius 3 is 2.17 bits per heavy atom. The van der Waals surface area contributed by atoms with Crippen molar-refractivity contribution >= 4 is 29.7 Å². The average molecular weight is 404 g/mol. The number of nitrogens with zero attached hydrogens (tertiary/aromatic N) is 1. The van der Waals surface area contributed by atoms with Gasteiger partial charge in [0.1, 0.15) is 6.04 Å². The van der Waals surface area contributed by atoms with E-state index >= 15 is 0 Å². The minimum absolute atomic E-state index is 0.140. The fourth-order valence-corrected chi connectivity index (χ4v) is 2.93. The third kappa shape index (κ3) is 5.63. The average Bonchev–Trinajstić information content (AvgIpc) is 2.93. The molecule has 0 bridgehead atoms. The lowest BCUT2D eigenvalue weighted by molar-refractivity contribution is -0.150. The van der Waals surface area contributed by atoms with Crippen molar-refractivity contribution in [3.8, 4) is 0 Å². The molecule has 156 valence electrons. The van der Waals surface area contributed by atoms with Crippen molar-refractivity contribution in [3.63, 3.8) is 0 Å². The quantitative estimate of drug-likeness (QED) is 0.480. The van der Waals surface area contributed by atoms with Gasteiger partial charge in [0.05, 0.1) is 24.7 Å². The Bertz CT molecular complexity index is 784. The zero-order valence-electron chi connectivity index (χ0n) is 16.6. The summed E-state index contributed by atoms with van der Waals surface area (Å²) in [4.78, 5) is 61.0. The molecule has 0 unspecified atom stereocenters. The Morgan fingerprint density at radius 1 is 1.07 bits per heavy atom. The third-order valence-corrected chi connectivity index (χ3v) is 4.31. The number of rotatable bonds is 9. The molecular formula is C20H24N2O7. The van der Waals surface area contributed by atoms with Crippen LogP contribution in [0.25, 0.3) is 0 Å². The lowest BCUT2D eigenvalue weighted by Gasteiger charge is -2.18. The van der Waals surface area contributed by atoms with Gasteiger partial charge < -0.3 is 14.8 Å². The first-order valence-corrected chi connectivity index (χ1v) is 9.22. The zero-order chi connectivity index (χ0) is 21.6. The molecule has 29 heavy (non-hydrogen) atoms. The molecule has 0 spiro atoms.